The fraction of sp³-hybridized carbons (Fsp3) is 0.478. The number of pyridine rings is 1. The Labute approximate surface area is 171 Å². The largest absolute Gasteiger partial charge is 0.391 e. The molecule has 0 spiro atoms. The van der Waals surface area contributed by atoms with Crippen LogP contribution in [0.2, 0.25) is 5.02 Å². The van der Waals surface area contributed by atoms with E-state index in [0.717, 1.165) is 36.9 Å². The molecule has 1 aliphatic heterocycles. The van der Waals surface area contributed by atoms with Crippen molar-refractivity contribution in [2.45, 2.75) is 50.0 Å². The second kappa shape index (κ2) is 8.22. The molecule has 5 heteroatoms. The summed E-state index contributed by atoms with van der Waals surface area (Å²) in [6.45, 7) is 0.998. The average molecular weight is 399 g/mol. The van der Waals surface area contributed by atoms with Gasteiger partial charge >= 0.3 is 0 Å². The number of benzene rings is 1. The van der Waals surface area contributed by atoms with Crippen molar-refractivity contribution in [2.24, 2.45) is 5.92 Å². The van der Waals surface area contributed by atoms with E-state index in [0.29, 0.717) is 24.5 Å². The molecular weight excluding hydrogens is 372 g/mol. The zero-order valence-electron chi connectivity index (χ0n) is 16.1. The molecule has 2 aromatic rings. The lowest BCUT2D eigenvalue weighted by Crippen LogP contribution is -2.47. The van der Waals surface area contributed by atoms with E-state index in [1.807, 2.05) is 47.4 Å². The highest BCUT2D eigenvalue weighted by Crippen LogP contribution is 2.42. The van der Waals surface area contributed by atoms with Crippen LogP contribution in [0.4, 0.5) is 0 Å². The Morgan fingerprint density at radius 3 is 2.54 bits per heavy atom. The van der Waals surface area contributed by atoms with Gasteiger partial charge in [-0.1, -0.05) is 49.1 Å². The highest BCUT2D eigenvalue weighted by molar-refractivity contribution is 6.30. The van der Waals surface area contributed by atoms with Crippen molar-refractivity contribution in [1.29, 1.82) is 0 Å². The van der Waals surface area contributed by atoms with E-state index in [9.17, 15) is 9.90 Å². The third-order valence-corrected chi connectivity index (χ3v) is 6.66. The molecule has 28 heavy (non-hydrogen) atoms. The first kappa shape index (κ1) is 19.4. The van der Waals surface area contributed by atoms with Gasteiger partial charge < -0.3 is 10.0 Å². The number of hydrogen-bond donors (Lipinski definition) is 1. The topological polar surface area (TPSA) is 53.4 Å². The van der Waals surface area contributed by atoms with Crippen LogP contribution in [0, 0.1) is 5.92 Å². The lowest BCUT2D eigenvalue weighted by Gasteiger charge is -2.39. The van der Waals surface area contributed by atoms with Gasteiger partial charge in [0.25, 0.3) is 0 Å². The van der Waals surface area contributed by atoms with Crippen molar-refractivity contribution in [3.8, 4) is 0 Å². The smallest absolute Gasteiger partial charge is 0.233 e. The predicted octanol–water partition coefficient (Wildman–Crippen LogP) is 4.00. The van der Waals surface area contributed by atoms with Gasteiger partial charge in [0.05, 0.1) is 11.5 Å². The van der Waals surface area contributed by atoms with Crippen LogP contribution >= 0.6 is 11.6 Å². The quantitative estimate of drug-likeness (QED) is 0.846. The molecule has 1 amide bonds. The Morgan fingerprint density at radius 2 is 1.86 bits per heavy atom. The summed E-state index contributed by atoms with van der Waals surface area (Å²) in [6, 6.07) is 13.6. The van der Waals surface area contributed by atoms with Crippen LogP contribution in [-0.4, -0.2) is 40.1 Å². The van der Waals surface area contributed by atoms with Gasteiger partial charge in [0.15, 0.2) is 0 Å². The highest BCUT2D eigenvalue weighted by atomic mass is 35.5. The van der Waals surface area contributed by atoms with Crippen molar-refractivity contribution in [1.82, 2.24) is 9.88 Å². The van der Waals surface area contributed by atoms with Crippen LogP contribution in [-0.2, 0) is 16.6 Å². The first-order chi connectivity index (χ1) is 13.6. The summed E-state index contributed by atoms with van der Waals surface area (Å²) < 4.78 is 0. The molecule has 2 fully saturated rings. The third-order valence-electron chi connectivity index (χ3n) is 6.40. The lowest BCUT2D eigenvalue weighted by atomic mass is 9.68. The number of aliphatic hydroxyl groups excluding tert-OH is 1. The molecule has 0 radical (unpaired) electrons. The van der Waals surface area contributed by atoms with Crippen molar-refractivity contribution in [3.63, 3.8) is 0 Å². The Hall–Kier alpha value is -1.91. The minimum Gasteiger partial charge on any atom is -0.391 e. The minimum atomic E-state index is -0.503. The van der Waals surface area contributed by atoms with Crippen LogP contribution in [0.15, 0.2) is 48.7 Å². The molecule has 148 valence electrons. The van der Waals surface area contributed by atoms with Crippen molar-refractivity contribution >= 4 is 17.5 Å². The molecule has 2 aliphatic rings. The molecule has 1 saturated heterocycles. The summed E-state index contributed by atoms with van der Waals surface area (Å²) in [5.74, 6) is 0.196. The van der Waals surface area contributed by atoms with E-state index >= 15 is 0 Å². The molecule has 1 aliphatic carbocycles. The maximum Gasteiger partial charge on any atom is 0.233 e. The molecule has 1 aromatic heterocycles. The molecule has 2 atom stereocenters. The summed E-state index contributed by atoms with van der Waals surface area (Å²) >= 11 is 6.08. The van der Waals surface area contributed by atoms with Gasteiger partial charge in [-0.3, -0.25) is 9.78 Å². The molecule has 1 saturated carbocycles. The Morgan fingerprint density at radius 1 is 1.11 bits per heavy atom. The number of aromatic nitrogens is 1. The van der Waals surface area contributed by atoms with Crippen LogP contribution in [0.5, 0.6) is 0 Å². The Bertz CT molecular complexity index is 803. The standard InChI is InChI=1S/C23H27ClN2O2/c24-19-9-7-18(8-10-19)23(11-3-1-4-12-23)22(28)26-15-17(21(27)16-26)14-20-6-2-5-13-25-20/h2,5-10,13,17,21,27H,1,3-4,11-12,14-16H2/t17-,21-/m1/s1. The monoisotopic (exact) mass is 398 g/mol. The molecule has 4 nitrogen and oxygen atoms in total. The van der Waals surface area contributed by atoms with Gasteiger partial charge in [-0.15, -0.1) is 0 Å². The Balaban J connectivity index is 1.55. The minimum absolute atomic E-state index is 0.0321. The summed E-state index contributed by atoms with van der Waals surface area (Å²) in [6.07, 6.45) is 6.99. The van der Waals surface area contributed by atoms with Crippen LogP contribution < -0.4 is 0 Å². The number of likely N-dealkylation sites (tertiary alicyclic amines) is 1. The highest BCUT2D eigenvalue weighted by Gasteiger charge is 2.46. The summed E-state index contributed by atoms with van der Waals surface area (Å²) in [4.78, 5) is 20.0. The lowest BCUT2D eigenvalue weighted by molar-refractivity contribution is -0.138. The number of carbonyl (C=O) groups is 1. The molecule has 1 aromatic carbocycles. The molecule has 0 bridgehead atoms. The van der Waals surface area contributed by atoms with Gasteiger partial charge in [-0.05, 0) is 49.1 Å². The summed E-state index contributed by atoms with van der Waals surface area (Å²) in [5, 5.41) is 11.3. The third kappa shape index (κ3) is 3.81. The zero-order valence-corrected chi connectivity index (χ0v) is 16.8. The first-order valence-electron chi connectivity index (χ1n) is 10.2. The van der Waals surface area contributed by atoms with E-state index in [1.54, 1.807) is 6.20 Å². The van der Waals surface area contributed by atoms with Gasteiger partial charge in [0.2, 0.25) is 5.91 Å². The van der Waals surface area contributed by atoms with Crippen LogP contribution in [0.3, 0.4) is 0 Å². The fourth-order valence-corrected chi connectivity index (χ4v) is 4.99. The predicted molar refractivity (Wildman–Crippen MR) is 110 cm³/mol. The van der Waals surface area contributed by atoms with E-state index in [1.165, 1.54) is 6.42 Å². The molecule has 0 unspecified atom stereocenters. The second-order valence-corrected chi connectivity index (χ2v) is 8.65. The number of rotatable bonds is 4. The maximum atomic E-state index is 13.7. The van der Waals surface area contributed by atoms with Gasteiger partial charge in [0, 0.05) is 35.9 Å². The zero-order chi connectivity index (χ0) is 19.6. The SMILES string of the molecule is O=C(N1C[C@@H](Cc2ccccn2)[C@H](O)C1)C1(c2ccc(Cl)cc2)CCCCC1. The van der Waals surface area contributed by atoms with Crippen molar-refractivity contribution in [2.75, 3.05) is 13.1 Å². The van der Waals surface area contributed by atoms with E-state index < -0.39 is 11.5 Å². The number of aliphatic hydroxyl groups is 1. The van der Waals surface area contributed by atoms with Gasteiger partial charge in [0.1, 0.15) is 0 Å². The molecule has 1 N–H and O–H groups in total. The number of carbonyl (C=O) groups excluding carboxylic acids is 1. The van der Waals surface area contributed by atoms with E-state index in [-0.39, 0.29) is 11.8 Å². The van der Waals surface area contributed by atoms with Crippen LogP contribution in [0.1, 0.15) is 43.4 Å². The van der Waals surface area contributed by atoms with Gasteiger partial charge in [-0.25, -0.2) is 0 Å². The summed E-state index contributed by atoms with van der Waals surface area (Å²) in [7, 11) is 0. The summed E-state index contributed by atoms with van der Waals surface area (Å²) in [5.41, 5.74) is 1.54. The first-order valence-corrected chi connectivity index (χ1v) is 10.6. The van der Waals surface area contributed by atoms with Crippen molar-refractivity contribution in [3.05, 3.63) is 64.9 Å². The Kier molecular flexibility index (Phi) is 5.70. The molecule has 4 rings (SSSR count). The number of β-amino-alcohol motifs (C(OH)–C–C–N with tert-alkyl or cyclic N) is 1. The number of hydrogen-bond acceptors (Lipinski definition) is 3. The van der Waals surface area contributed by atoms with E-state index in [4.69, 9.17) is 11.6 Å². The molecular formula is C23H27ClN2O2. The number of nitrogens with zero attached hydrogens (tertiary/aromatic N) is 2. The van der Waals surface area contributed by atoms with E-state index in [2.05, 4.69) is 4.98 Å². The van der Waals surface area contributed by atoms with Crippen LogP contribution in [0.25, 0.3) is 0 Å². The van der Waals surface area contributed by atoms with Crippen molar-refractivity contribution < 1.29 is 9.90 Å². The molecule has 2 heterocycles. The number of amides is 1. The van der Waals surface area contributed by atoms with Gasteiger partial charge in [-0.2, -0.15) is 0 Å². The normalized spacial score (nSPS) is 24.3. The number of halogens is 1. The second-order valence-electron chi connectivity index (χ2n) is 8.21. The maximum absolute atomic E-state index is 13.7. The average Bonchev–Trinajstić information content (AvgIpc) is 3.09. The fourth-order valence-electron chi connectivity index (χ4n) is 4.86.